The molecule has 3 rings (SSSR count). The first-order chi connectivity index (χ1) is 10.4. The van der Waals surface area contributed by atoms with E-state index < -0.39 is 10.0 Å². The molecule has 2 heterocycles. The van der Waals surface area contributed by atoms with E-state index in [1.54, 1.807) is 6.07 Å². The van der Waals surface area contributed by atoms with E-state index in [1.165, 1.54) is 10.6 Å². The van der Waals surface area contributed by atoms with E-state index in [0.717, 1.165) is 17.7 Å². The number of fused-ring (bicyclic) bond motifs is 1. The van der Waals surface area contributed by atoms with Crippen LogP contribution >= 0.6 is 11.6 Å². The molecule has 120 valence electrons. The first-order valence-electron chi connectivity index (χ1n) is 7.41. The summed E-state index contributed by atoms with van der Waals surface area (Å²) in [5.41, 5.74) is 2.05. The van der Waals surface area contributed by atoms with Crippen LogP contribution in [0.4, 0.5) is 5.69 Å². The smallest absolute Gasteiger partial charge is 0.230 e. The average molecular weight is 343 g/mol. The molecule has 22 heavy (non-hydrogen) atoms. The highest BCUT2D eigenvalue weighted by molar-refractivity contribution is 7.88. The largest absolute Gasteiger partial charge is 0.312 e. The van der Waals surface area contributed by atoms with Crippen molar-refractivity contribution >= 4 is 33.2 Å². The standard InChI is InChI=1S/C15H19ClN2O3S/c1-22(20,21)17-7-4-11(5-8-17)15(19)18-9-6-12-10-13(16)2-3-14(12)18/h2-3,10-11H,4-9H2,1H3. The minimum atomic E-state index is -3.15. The number of benzene rings is 1. The summed E-state index contributed by atoms with van der Waals surface area (Å²) < 4.78 is 24.5. The summed E-state index contributed by atoms with van der Waals surface area (Å²) in [5, 5.41) is 0.689. The molecule has 1 aromatic carbocycles. The normalized spacial score (nSPS) is 20.2. The van der Waals surface area contributed by atoms with Crippen LogP contribution in [0.25, 0.3) is 0 Å². The number of amides is 1. The third-order valence-corrected chi connectivity index (χ3v) is 6.01. The monoisotopic (exact) mass is 342 g/mol. The Labute approximate surface area is 135 Å². The molecule has 0 saturated carbocycles. The summed E-state index contributed by atoms with van der Waals surface area (Å²) in [4.78, 5) is 14.6. The molecule has 2 aliphatic rings. The van der Waals surface area contributed by atoms with Crippen molar-refractivity contribution in [1.82, 2.24) is 4.31 Å². The minimum Gasteiger partial charge on any atom is -0.312 e. The third kappa shape index (κ3) is 3.00. The van der Waals surface area contributed by atoms with Gasteiger partial charge >= 0.3 is 0 Å². The molecule has 1 amide bonds. The summed E-state index contributed by atoms with van der Waals surface area (Å²) in [6.07, 6.45) is 3.22. The Bertz CT molecular complexity index is 697. The lowest BCUT2D eigenvalue weighted by atomic mass is 9.96. The van der Waals surface area contributed by atoms with E-state index in [4.69, 9.17) is 11.6 Å². The number of carbonyl (C=O) groups excluding carboxylic acids is 1. The molecule has 0 aromatic heterocycles. The number of piperidine rings is 1. The number of halogens is 1. The van der Waals surface area contributed by atoms with Gasteiger partial charge in [0, 0.05) is 36.3 Å². The van der Waals surface area contributed by atoms with Crippen molar-refractivity contribution in [1.29, 1.82) is 0 Å². The second kappa shape index (κ2) is 5.83. The van der Waals surface area contributed by atoms with E-state index >= 15 is 0 Å². The van der Waals surface area contributed by atoms with Crippen molar-refractivity contribution < 1.29 is 13.2 Å². The maximum absolute atomic E-state index is 12.7. The van der Waals surface area contributed by atoms with Crippen LogP contribution in [0.5, 0.6) is 0 Å². The molecular weight excluding hydrogens is 324 g/mol. The Balaban J connectivity index is 1.70. The fourth-order valence-corrected chi connectivity index (χ4v) is 4.32. The number of carbonyl (C=O) groups is 1. The molecule has 2 aliphatic heterocycles. The average Bonchev–Trinajstić information content (AvgIpc) is 2.88. The fraction of sp³-hybridized carbons (Fsp3) is 0.533. The highest BCUT2D eigenvalue weighted by atomic mass is 35.5. The molecular formula is C15H19ClN2O3S. The fourth-order valence-electron chi connectivity index (χ4n) is 3.25. The molecule has 0 spiro atoms. The zero-order valence-corrected chi connectivity index (χ0v) is 14.0. The van der Waals surface area contributed by atoms with Gasteiger partial charge in [-0.25, -0.2) is 12.7 Å². The molecule has 7 heteroatoms. The van der Waals surface area contributed by atoms with Crippen LogP contribution in [0.2, 0.25) is 5.02 Å². The van der Waals surface area contributed by atoms with Crippen LogP contribution in [0, 0.1) is 5.92 Å². The number of hydrogen-bond acceptors (Lipinski definition) is 3. The molecule has 0 N–H and O–H groups in total. The zero-order valence-electron chi connectivity index (χ0n) is 12.5. The molecule has 1 fully saturated rings. The molecule has 1 aromatic rings. The van der Waals surface area contributed by atoms with Crippen molar-refractivity contribution in [2.24, 2.45) is 5.92 Å². The van der Waals surface area contributed by atoms with E-state index in [0.29, 0.717) is 37.5 Å². The Morgan fingerprint density at radius 3 is 2.55 bits per heavy atom. The van der Waals surface area contributed by atoms with Crippen molar-refractivity contribution in [2.75, 3.05) is 30.8 Å². The van der Waals surface area contributed by atoms with Crippen LogP contribution in [-0.4, -0.2) is 44.5 Å². The molecule has 0 bridgehead atoms. The van der Waals surface area contributed by atoms with Crippen molar-refractivity contribution in [3.05, 3.63) is 28.8 Å². The van der Waals surface area contributed by atoms with Gasteiger partial charge < -0.3 is 4.90 Å². The zero-order chi connectivity index (χ0) is 15.9. The SMILES string of the molecule is CS(=O)(=O)N1CCC(C(=O)N2CCc3cc(Cl)ccc32)CC1. The number of hydrogen-bond donors (Lipinski definition) is 0. The Hall–Kier alpha value is -1.11. The summed E-state index contributed by atoms with van der Waals surface area (Å²) in [6.45, 7) is 1.54. The van der Waals surface area contributed by atoms with Crippen LogP contribution < -0.4 is 4.90 Å². The van der Waals surface area contributed by atoms with Gasteiger partial charge in [0.15, 0.2) is 0 Å². The van der Waals surface area contributed by atoms with E-state index in [-0.39, 0.29) is 11.8 Å². The van der Waals surface area contributed by atoms with Gasteiger partial charge in [0.2, 0.25) is 15.9 Å². The van der Waals surface area contributed by atoms with Gasteiger partial charge in [-0.2, -0.15) is 0 Å². The topological polar surface area (TPSA) is 57.7 Å². The predicted octanol–water partition coefficient (Wildman–Crippen LogP) is 1.90. The minimum absolute atomic E-state index is 0.0976. The molecule has 0 atom stereocenters. The van der Waals surface area contributed by atoms with Gasteiger partial charge in [-0.05, 0) is 43.0 Å². The highest BCUT2D eigenvalue weighted by Gasteiger charge is 2.34. The van der Waals surface area contributed by atoms with Crippen LogP contribution in [0.3, 0.4) is 0 Å². The van der Waals surface area contributed by atoms with Gasteiger partial charge in [0.25, 0.3) is 0 Å². The molecule has 5 nitrogen and oxygen atoms in total. The number of sulfonamides is 1. The Kier molecular flexibility index (Phi) is 4.18. The lowest BCUT2D eigenvalue weighted by Crippen LogP contribution is -2.43. The second-order valence-electron chi connectivity index (χ2n) is 5.95. The van der Waals surface area contributed by atoms with Gasteiger partial charge in [0.1, 0.15) is 0 Å². The van der Waals surface area contributed by atoms with Crippen molar-refractivity contribution in [3.63, 3.8) is 0 Å². The summed E-state index contributed by atoms with van der Waals surface area (Å²) in [5.74, 6) is 0.00820. The lowest BCUT2D eigenvalue weighted by Gasteiger charge is -2.31. The molecule has 0 unspecified atom stereocenters. The first kappa shape index (κ1) is 15.8. The first-order valence-corrected chi connectivity index (χ1v) is 9.64. The maximum Gasteiger partial charge on any atom is 0.230 e. The third-order valence-electron chi connectivity index (χ3n) is 4.48. The van der Waals surface area contributed by atoms with E-state index in [9.17, 15) is 13.2 Å². The van der Waals surface area contributed by atoms with Gasteiger partial charge in [-0.1, -0.05) is 11.6 Å². The van der Waals surface area contributed by atoms with Gasteiger partial charge in [0.05, 0.1) is 6.26 Å². The van der Waals surface area contributed by atoms with E-state index in [2.05, 4.69) is 0 Å². The molecule has 1 saturated heterocycles. The van der Waals surface area contributed by atoms with Crippen LogP contribution in [-0.2, 0) is 21.2 Å². The quantitative estimate of drug-likeness (QED) is 0.824. The Morgan fingerprint density at radius 1 is 1.23 bits per heavy atom. The van der Waals surface area contributed by atoms with Crippen molar-refractivity contribution in [2.45, 2.75) is 19.3 Å². The summed E-state index contributed by atoms with van der Waals surface area (Å²) in [7, 11) is -3.15. The Morgan fingerprint density at radius 2 is 1.91 bits per heavy atom. The summed E-state index contributed by atoms with van der Waals surface area (Å²) in [6, 6.07) is 5.61. The number of nitrogens with zero attached hydrogens (tertiary/aromatic N) is 2. The van der Waals surface area contributed by atoms with Gasteiger partial charge in [-0.15, -0.1) is 0 Å². The number of anilines is 1. The lowest BCUT2D eigenvalue weighted by molar-refractivity contribution is -0.123. The van der Waals surface area contributed by atoms with Crippen molar-refractivity contribution in [3.8, 4) is 0 Å². The van der Waals surface area contributed by atoms with Gasteiger partial charge in [-0.3, -0.25) is 4.79 Å². The van der Waals surface area contributed by atoms with E-state index in [1.807, 2.05) is 17.0 Å². The molecule has 0 aliphatic carbocycles. The molecule has 0 radical (unpaired) electrons. The maximum atomic E-state index is 12.7. The number of rotatable bonds is 2. The summed E-state index contributed by atoms with van der Waals surface area (Å²) >= 11 is 5.99. The highest BCUT2D eigenvalue weighted by Crippen LogP contribution is 2.33. The van der Waals surface area contributed by atoms with Crippen LogP contribution in [0.1, 0.15) is 18.4 Å². The second-order valence-corrected chi connectivity index (χ2v) is 8.37. The predicted molar refractivity (Wildman–Crippen MR) is 86.6 cm³/mol. The van der Waals surface area contributed by atoms with Crippen LogP contribution in [0.15, 0.2) is 18.2 Å².